The van der Waals surface area contributed by atoms with Crippen LogP contribution in [0.5, 0.6) is 0 Å². The van der Waals surface area contributed by atoms with Crippen molar-refractivity contribution >= 4 is 0 Å². The summed E-state index contributed by atoms with van der Waals surface area (Å²) in [6.07, 6.45) is 8.75. The first-order valence-corrected chi connectivity index (χ1v) is 8.06. The molecule has 1 heterocycles. The smallest absolute Gasteiger partial charge is 0.0631 e. The molecule has 2 heteroatoms. The molecule has 2 fully saturated rings. The Kier molecular flexibility index (Phi) is 4.06. The van der Waals surface area contributed by atoms with Crippen LogP contribution in [-0.2, 0) is 4.74 Å². The van der Waals surface area contributed by atoms with Gasteiger partial charge >= 0.3 is 0 Å². The van der Waals surface area contributed by atoms with E-state index in [4.69, 9.17) is 10.5 Å². The summed E-state index contributed by atoms with van der Waals surface area (Å²) in [4.78, 5) is 0. The predicted octanol–water partition coefficient (Wildman–Crippen LogP) is 4.27. The number of ether oxygens (including phenoxy) is 1. The first-order valence-electron chi connectivity index (χ1n) is 8.06. The van der Waals surface area contributed by atoms with E-state index in [1.807, 2.05) is 0 Å². The molecule has 1 saturated heterocycles. The van der Waals surface area contributed by atoms with Gasteiger partial charge in [-0.05, 0) is 70.1 Å². The lowest BCUT2D eigenvalue weighted by molar-refractivity contribution is -0.0320. The minimum atomic E-state index is 0.0346. The van der Waals surface area contributed by atoms with Crippen LogP contribution in [0.2, 0.25) is 0 Å². The van der Waals surface area contributed by atoms with Crippen molar-refractivity contribution in [2.24, 2.45) is 17.1 Å². The zero-order valence-corrected chi connectivity index (χ0v) is 13.6. The van der Waals surface area contributed by atoms with Crippen molar-refractivity contribution in [3.05, 3.63) is 0 Å². The van der Waals surface area contributed by atoms with Crippen LogP contribution in [0.1, 0.15) is 79.6 Å². The molecule has 1 aliphatic carbocycles. The number of hydrogen-bond acceptors (Lipinski definition) is 2. The second-order valence-electron chi connectivity index (χ2n) is 8.75. The van der Waals surface area contributed by atoms with Gasteiger partial charge in [0, 0.05) is 5.54 Å². The average Bonchev–Trinajstić information content (AvgIpc) is 2.56. The second kappa shape index (κ2) is 5.04. The molecule has 0 radical (unpaired) electrons. The van der Waals surface area contributed by atoms with Gasteiger partial charge in [-0.25, -0.2) is 0 Å². The summed E-state index contributed by atoms with van der Waals surface area (Å²) in [5, 5.41) is 0. The fourth-order valence-electron chi connectivity index (χ4n) is 3.94. The summed E-state index contributed by atoms with van der Waals surface area (Å²) in [5.74, 6) is 0.838. The second-order valence-corrected chi connectivity index (χ2v) is 8.75. The third kappa shape index (κ3) is 3.95. The zero-order chi connectivity index (χ0) is 14.3. The highest BCUT2D eigenvalue weighted by molar-refractivity contribution is 4.96. The van der Waals surface area contributed by atoms with E-state index in [0.717, 1.165) is 12.3 Å². The van der Waals surface area contributed by atoms with Gasteiger partial charge < -0.3 is 10.5 Å². The van der Waals surface area contributed by atoms with E-state index in [1.165, 1.54) is 38.5 Å². The maximum Gasteiger partial charge on any atom is 0.0631 e. The highest BCUT2D eigenvalue weighted by Crippen LogP contribution is 2.43. The Morgan fingerprint density at radius 1 is 1.05 bits per heavy atom. The molecule has 0 amide bonds. The third-order valence-electron chi connectivity index (χ3n) is 5.39. The van der Waals surface area contributed by atoms with Crippen LogP contribution >= 0.6 is 0 Å². The van der Waals surface area contributed by atoms with Crippen molar-refractivity contribution in [3.8, 4) is 0 Å². The van der Waals surface area contributed by atoms with E-state index in [2.05, 4.69) is 34.6 Å². The van der Waals surface area contributed by atoms with Crippen LogP contribution in [-0.4, -0.2) is 17.2 Å². The van der Waals surface area contributed by atoms with Gasteiger partial charge in [-0.15, -0.1) is 0 Å². The summed E-state index contributed by atoms with van der Waals surface area (Å²) in [7, 11) is 0. The van der Waals surface area contributed by atoms with Crippen LogP contribution in [0.3, 0.4) is 0 Å². The van der Waals surface area contributed by atoms with Crippen molar-refractivity contribution in [2.45, 2.75) is 96.8 Å². The van der Waals surface area contributed by atoms with Crippen molar-refractivity contribution < 1.29 is 4.74 Å². The molecule has 19 heavy (non-hydrogen) atoms. The fraction of sp³-hybridized carbons (Fsp3) is 1.00. The molecular weight excluding hydrogens is 234 g/mol. The van der Waals surface area contributed by atoms with E-state index in [1.54, 1.807) is 0 Å². The monoisotopic (exact) mass is 267 g/mol. The number of nitrogens with two attached hydrogens (primary N) is 1. The third-order valence-corrected chi connectivity index (χ3v) is 5.39. The largest absolute Gasteiger partial charge is 0.372 e. The van der Waals surface area contributed by atoms with Gasteiger partial charge in [0.05, 0.1) is 11.7 Å². The predicted molar refractivity (Wildman–Crippen MR) is 81.1 cm³/mol. The lowest BCUT2D eigenvalue weighted by atomic mass is 9.66. The van der Waals surface area contributed by atoms with E-state index in [9.17, 15) is 0 Å². The fourth-order valence-corrected chi connectivity index (χ4v) is 3.94. The van der Waals surface area contributed by atoms with Gasteiger partial charge in [-0.1, -0.05) is 20.8 Å². The molecule has 112 valence electrons. The van der Waals surface area contributed by atoms with Crippen LogP contribution in [0.15, 0.2) is 0 Å². The lowest BCUT2D eigenvalue weighted by Gasteiger charge is -2.43. The molecule has 0 bridgehead atoms. The number of hydrogen-bond donors (Lipinski definition) is 1. The minimum absolute atomic E-state index is 0.0346. The molecule has 1 unspecified atom stereocenters. The zero-order valence-electron chi connectivity index (χ0n) is 13.6. The Morgan fingerprint density at radius 3 is 2.05 bits per heavy atom. The molecule has 2 nitrogen and oxygen atoms in total. The van der Waals surface area contributed by atoms with E-state index in [-0.39, 0.29) is 11.1 Å². The maximum absolute atomic E-state index is 6.65. The highest BCUT2D eigenvalue weighted by atomic mass is 16.5. The molecule has 1 saturated carbocycles. The van der Waals surface area contributed by atoms with Crippen molar-refractivity contribution in [1.29, 1.82) is 0 Å². The molecule has 1 aliphatic heterocycles. The van der Waals surface area contributed by atoms with Crippen LogP contribution in [0, 0.1) is 11.3 Å². The van der Waals surface area contributed by atoms with Gasteiger partial charge in [0.2, 0.25) is 0 Å². The molecule has 2 aliphatic rings. The standard InChI is InChI=1S/C17H33NO/c1-15(2,3)13-6-10-17(18,11-7-13)12-14-8-9-16(4,5)19-14/h13-14H,6-12,18H2,1-5H3. The van der Waals surface area contributed by atoms with Crippen LogP contribution in [0.25, 0.3) is 0 Å². The Hall–Kier alpha value is -0.0800. The van der Waals surface area contributed by atoms with Crippen molar-refractivity contribution in [1.82, 2.24) is 0 Å². The summed E-state index contributed by atoms with van der Waals surface area (Å²) in [5.41, 5.74) is 7.20. The average molecular weight is 267 g/mol. The lowest BCUT2D eigenvalue weighted by Crippen LogP contribution is -2.47. The van der Waals surface area contributed by atoms with Gasteiger partial charge in [0.1, 0.15) is 0 Å². The minimum Gasteiger partial charge on any atom is -0.372 e. The van der Waals surface area contributed by atoms with E-state index < -0.39 is 0 Å². The molecule has 1 atom stereocenters. The van der Waals surface area contributed by atoms with Gasteiger partial charge in [0.15, 0.2) is 0 Å². The summed E-state index contributed by atoms with van der Waals surface area (Å²) in [6, 6.07) is 0. The molecule has 0 aromatic carbocycles. The molecule has 0 aromatic rings. The normalized spacial score (nSPS) is 39.5. The van der Waals surface area contributed by atoms with Gasteiger partial charge in [-0.3, -0.25) is 0 Å². The Morgan fingerprint density at radius 2 is 1.63 bits per heavy atom. The summed E-state index contributed by atoms with van der Waals surface area (Å²) in [6.45, 7) is 11.5. The topological polar surface area (TPSA) is 35.2 Å². The quantitative estimate of drug-likeness (QED) is 0.811. The molecule has 0 spiro atoms. The Labute approximate surface area is 119 Å². The maximum atomic E-state index is 6.65. The van der Waals surface area contributed by atoms with Gasteiger partial charge in [-0.2, -0.15) is 0 Å². The van der Waals surface area contributed by atoms with Crippen LogP contribution in [0.4, 0.5) is 0 Å². The molecule has 0 aromatic heterocycles. The SMILES string of the molecule is CC1(C)CCC(CC2(N)CCC(C(C)(C)C)CC2)O1. The molecule has 2 N–H and O–H groups in total. The van der Waals surface area contributed by atoms with Crippen molar-refractivity contribution in [3.63, 3.8) is 0 Å². The van der Waals surface area contributed by atoms with Crippen molar-refractivity contribution in [2.75, 3.05) is 0 Å². The summed E-state index contributed by atoms with van der Waals surface area (Å²) >= 11 is 0. The van der Waals surface area contributed by atoms with E-state index in [0.29, 0.717) is 11.5 Å². The Balaban J connectivity index is 1.85. The molecular formula is C17H33NO. The van der Waals surface area contributed by atoms with Crippen LogP contribution < -0.4 is 5.73 Å². The van der Waals surface area contributed by atoms with E-state index >= 15 is 0 Å². The Bertz CT molecular complexity index is 308. The van der Waals surface area contributed by atoms with Gasteiger partial charge in [0.25, 0.3) is 0 Å². The summed E-state index contributed by atoms with van der Waals surface area (Å²) < 4.78 is 6.13. The highest BCUT2D eigenvalue weighted by Gasteiger charge is 2.40. The molecule has 2 rings (SSSR count). The first-order chi connectivity index (χ1) is 8.60. The number of rotatable bonds is 2. The first kappa shape index (κ1) is 15.3.